The van der Waals surface area contributed by atoms with E-state index in [4.69, 9.17) is 15.2 Å². The van der Waals surface area contributed by atoms with Gasteiger partial charge >= 0.3 is 5.97 Å². The van der Waals surface area contributed by atoms with E-state index in [0.717, 1.165) is 5.56 Å². The number of nitrogens with zero attached hydrogens (tertiary/aromatic N) is 1. The van der Waals surface area contributed by atoms with Crippen molar-refractivity contribution < 1.29 is 19.1 Å². The van der Waals surface area contributed by atoms with E-state index in [1.807, 2.05) is 0 Å². The van der Waals surface area contributed by atoms with Crippen molar-refractivity contribution in [1.82, 2.24) is 4.90 Å². The van der Waals surface area contributed by atoms with Gasteiger partial charge in [-0.25, -0.2) is 4.79 Å². The van der Waals surface area contributed by atoms with E-state index in [2.05, 4.69) is 0 Å². The van der Waals surface area contributed by atoms with E-state index in [9.17, 15) is 9.59 Å². The summed E-state index contributed by atoms with van der Waals surface area (Å²) in [6.07, 6.45) is -0.823. The average molecular weight is 292 g/mol. The Morgan fingerprint density at radius 3 is 2.67 bits per heavy atom. The molecule has 0 aromatic heterocycles. The number of benzene rings is 1. The summed E-state index contributed by atoms with van der Waals surface area (Å²) in [6, 6.07) is 5.03. The van der Waals surface area contributed by atoms with E-state index in [0.29, 0.717) is 37.6 Å². The van der Waals surface area contributed by atoms with Crippen LogP contribution in [0.15, 0.2) is 18.2 Å². The van der Waals surface area contributed by atoms with Gasteiger partial charge in [0.1, 0.15) is 0 Å². The average Bonchev–Trinajstić information content (AvgIpc) is 2.49. The Kier molecular flexibility index (Phi) is 4.80. The number of nitrogens with two attached hydrogens (primary N) is 1. The summed E-state index contributed by atoms with van der Waals surface area (Å²) in [5, 5.41) is 0. The molecule has 0 aliphatic carbocycles. The summed E-state index contributed by atoms with van der Waals surface area (Å²) in [4.78, 5) is 26.0. The first kappa shape index (κ1) is 15.3. The lowest BCUT2D eigenvalue weighted by Gasteiger charge is -2.29. The van der Waals surface area contributed by atoms with Crippen molar-refractivity contribution in [3.8, 4) is 0 Å². The Hall–Kier alpha value is -2.08. The third-order valence-electron chi connectivity index (χ3n) is 3.44. The molecule has 1 unspecified atom stereocenters. The molecule has 1 aromatic rings. The first-order chi connectivity index (χ1) is 9.99. The van der Waals surface area contributed by atoms with Crippen LogP contribution < -0.4 is 5.73 Å². The van der Waals surface area contributed by atoms with E-state index in [1.54, 1.807) is 36.9 Å². The minimum Gasteiger partial charge on any atom is -0.449 e. The molecule has 0 spiro atoms. The van der Waals surface area contributed by atoms with Crippen molar-refractivity contribution in [2.24, 2.45) is 0 Å². The molecule has 2 N–H and O–H groups in total. The van der Waals surface area contributed by atoms with Gasteiger partial charge in [0.25, 0.3) is 5.91 Å². The lowest BCUT2D eigenvalue weighted by Crippen LogP contribution is -2.46. The Morgan fingerprint density at radius 1 is 1.33 bits per heavy atom. The highest BCUT2D eigenvalue weighted by atomic mass is 16.5. The highest BCUT2D eigenvalue weighted by molar-refractivity contribution is 5.94. The second-order valence-electron chi connectivity index (χ2n) is 5.06. The second-order valence-corrected chi connectivity index (χ2v) is 5.06. The van der Waals surface area contributed by atoms with Crippen LogP contribution in [-0.4, -0.2) is 49.2 Å². The topological polar surface area (TPSA) is 81.9 Å². The Labute approximate surface area is 123 Å². The number of esters is 1. The molecule has 1 saturated heterocycles. The molecule has 1 amide bonds. The minimum atomic E-state index is -0.823. The summed E-state index contributed by atoms with van der Waals surface area (Å²) in [6.45, 7) is 5.46. The molecular weight excluding hydrogens is 272 g/mol. The van der Waals surface area contributed by atoms with E-state index in [-0.39, 0.29) is 5.91 Å². The van der Waals surface area contributed by atoms with Crippen LogP contribution in [0.3, 0.4) is 0 Å². The third kappa shape index (κ3) is 3.72. The van der Waals surface area contributed by atoms with Crippen LogP contribution in [0.5, 0.6) is 0 Å². The summed E-state index contributed by atoms with van der Waals surface area (Å²) in [7, 11) is 0. The molecule has 6 nitrogen and oxygen atoms in total. The van der Waals surface area contributed by atoms with Crippen molar-refractivity contribution >= 4 is 17.6 Å². The standard InChI is InChI=1S/C15H20N2O4/c1-10-3-4-12(16)9-13(10)15(19)21-11(2)14(18)17-5-7-20-8-6-17/h3-4,9,11H,5-8,16H2,1-2H3. The van der Waals surface area contributed by atoms with Crippen LogP contribution in [0, 0.1) is 6.92 Å². The van der Waals surface area contributed by atoms with Gasteiger partial charge in [-0.15, -0.1) is 0 Å². The molecule has 1 aliphatic heterocycles. The Morgan fingerprint density at radius 2 is 2.00 bits per heavy atom. The highest BCUT2D eigenvalue weighted by Gasteiger charge is 2.26. The zero-order valence-corrected chi connectivity index (χ0v) is 12.3. The molecule has 1 fully saturated rings. The Balaban J connectivity index is 2.01. The summed E-state index contributed by atoms with van der Waals surface area (Å²) in [5.74, 6) is -0.734. The van der Waals surface area contributed by atoms with Crippen molar-refractivity contribution in [3.05, 3.63) is 29.3 Å². The monoisotopic (exact) mass is 292 g/mol. The normalized spacial score (nSPS) is 16.4. The van der Waals surface area contributed by atoms with Gasteiger partial charge in [-0.1, -0.05) is 6.07 Å². The molecule has 2 rings (SSSR count). The van der Waals surface area contributed by atoms with Crippen molar-refractivity contribution in [1.29, 1.82) is 0 Å². The number of ether oxygens (including phenoxy) is 2. The second kappa shape index (κ2) is 6.58. The van der Waals surface area contributed by atoms with Gasteiger partial charge in [0.15, 0.2) is 6.10 Å². The van der Waals surface area contributed by atoms with Crippen LogP contribution in [0.4, 0.5) is 5.69 Å². The molecule has 1 aromatic carbocycles. The maximum Gasteiger partial charge on any atom is 0.339 e. The first-order valence-electron chi connectivity index (χ1n) is 6.92. The molecule has 1 heterocycles. The summed E-state index contributed by atoms with van der Waals surface area (Å²) in [5.41, 5.74) is 7.31. The van der Waals surface area contributed by atoms with Crippen molar-refractivity contribution in [2.45, 2.75) is 20.0 Å². The molecule has 21 heavy (non-hydrogen) atoms. The predicted molar refractivity (Wildman–Crippen MR) is 77.9 cm³/mol. The number of carbonyl (C=O) groups is 2. The molecule has 6 heteroatoms. The van der Waals surface area contributed by atoms with Crippen LogP contribution in [0.1, 0.15) is 22.8 Å². The smallest absolute Gasteiger partial charge is 0.339 e. The number of carbonyl (C=O) groups excluding carboxylic acids is 2. The van der Waals surface area contributed by atoms with Crippen LogP contribution in [0.2, 0.25) is 0 Å². The molecule has 0 radical (unpaired) electrons. The molecule has 0 saturated carbocycles. The summed E-state index contributed by atoms with van der Waals surface area (Å²) < 4.78 is 10.5. The largest absolute Gasteiger partial charge is 0.449 e. The Bertz CT molecular complexity index is 538. The molecule has 1 aliphatic rings. The number of morpholine rings is 1. The number of rotatable bonds is 3. The number of aryl methyl sites for hydroxylation is 1. The number of anilines is 1. The number of nitrogen functional groups attached to an aromatic ring is 1. The summed E-state index contributed by atoms with van der Waals surface area (Å²) >= 11 is 0. The lowest BCUT2D eigenvalue weighted by molar-refractivity contribution is -0.143. The molecule has 114 valence electrons. The van der Waals surface area contributed by atoms with Crippen molar-refractivity contribution in [3.63, 3.8) is 0 Å². The molecule has 0 bridgehead atoms. The van der Waals surface area contributed by atoms with Gasteiger partial charge in [0.05, 0.1) is 18.8 Å². The molecular formula is C15H20N2O4. The maximum atomic E-state index is 12.2. The third-order valence-corrected chi connectivity index (χ3v) is 3.44. The zero-order chi connectivity index (χ0) is 15.4. The number of hydrogen-bond donors (Lipinski definition) is 1. The van der Waals surface area contributed by atoms with Crippen LogP contribution in [0.25, 0.3) is 0 Å². The van der Waals surface area contributed by atoms with E-state index < -0.39 is 12.1 Å². The predicted octanol–water partition coefficient (Wildman–Crippen LogP) is 0.981. The first-order valence-corrected chi connectivity index (χ1v) is 6.92. The zero-order valence-electron chi connectivity index (χ0n) is 12.3. The van der Waals surface area contributed by atoms with Gasteiger partial charge in [-0.05, 0) is 31.5 Å². The molecule has 1 atom stereocenters. The van der Waals surface area contributed by atoms with Crippen LogP contribution >= 0.6 is 0 Å². The van der Waals surface area contributed by atoms with Gasteiger partial charge in [0, 0.05) is 18.8 Å². The number of amides is 1. The van der Waals surface area contributed by atoms with Crippen LogP contribution in [-0.2, 0) is 14.3 Å². The lowest BCUT2D eigenvalue weighted by atomic mass is 10.1. The van der Waals surface area contributed by atoms with Gasteiger partial charge < -0.3 is 20.1 Å². The van der Waals surface area contributed by atoms with E-state index >= 15 is 0 Å². The van der Waals surface area contributed by atoms with Crippen molar-refractivity contribution in [2.75, 3.05) is 32.0 Å². The minimum absolute atomic E-state index is 0.201. The fourth-order valence-electron chi connectivity index (χ4n) is 2.17. The fraction of sp³-hybridized carbons (Fsp3) is 0.467. The number of hydrogen-bond acceptors (Lipinski definition) is 5. The van der Waals surface area contributed by atoms with E-state index in [1.165, 1.54) is 0 Å². The van der Waals surface area contributed by atoms with Gasteiger partial charge in [-0.2, -0.15) is 0 Å². The highest BCUT2D eigenvalue weighted by Crippen LogP contribution is 2.15. The fourth-order valence-corrected chi connectivity index (χ4v) is 2.17. The van der Waals surface area contributed by atoms with Gasteiger partial charge in [-0.3, -0.25) is 4.79 Å². The SMILES string of the molecule is Cc1ccc(N)cc1C(=O)OC(C)C(=O)N1CCOCC1. The van der Waals surface area contributed by atoms with Gasteiger partial charge in [0.2, 0.25) is 0 Å². The maximum absolute atomic E-state index is 12.2. The quantitative estimate of drug-likeness (QED) is 0.663.